The molecule has 1 saturated carbocycles. The maximum atomic E-state index is 6.06. The van der Waals surface area contributed by atoms with Crippen LogP contribution >= 0.6 is 24.0 Å². The van der Waals surface area contributed by atoms with Crippen molar-refractivity contribution in [3.05, 3.63) is 23.8 Å². The molecule has 0 bridgehead atoms. The minimum Gasteiger partial charge on any atom is -0.493 e. The van der Waals surface area contributed by atoms with E-state index in [0.29, 0.717) is 25.2 Å². The molecule has 25 heavy (non-hydrogen) atoms. The van der Waals surface area contributed by atoms with Crippen molar-refractivity contribution >= 4 is 29.9 Å². The number of benzene rings is 1. The maximum absolute atomic E-state index is 6.06. The molecule has 2 rings (SSSR count). The molecule has 2 N–H and O–H groups in total. The van der Waals surface area contributed by atoms with Gasteiger partial charge in [-0.2, -0.15) is 0 Å². The Morgan fingerprint density at radius 2 is 2.04 bits per heavy atom. The van der Waals surface area contributed by atoms with Crippen molar-refractivity contribution in [3.8, 4) is 23.8 Å². The zero-order valence-electron chi connectivity index (χ0n) is 15.0. The lowest BCUT2D eigenvalue weighted by molar-refractivity contribution is 0.200. The number of guanidine groups is 1. The third-order valence-electron chi connectivity index (χ3n) is 3.95. The quantitative estimate of drug-likeness (QED) is 0.286. The summed E-state index contributed by atoms with van der Waals surface area (Å²) in [5, 5.41) is 6.24. The van der Waals surface area contributed by atoms with Crippen molar-refractivity contribution in [3.63, 3.8) is 0 Å². The SMILES string of the molecule is C#CCNC(=NCc1ccc(OC2CCCC2)c(OC)c1)NCC.I. The van der Waals surface area contributed by atoms with E-state index >= 15 is 0 Å². The number of nitrogens with one attached hydrogen (secondary N) is 2. The Kier molecular flexibility index (Phi) is 10.2. The number of ether oxygens (including phenoxy) is 2. The van der Waals surface area contributed by atoms with Gasteiger partial charge in [-0.05, 0) is 50.3 Å². The summed E-state index contributed by atoms with van der Waals surface area (Å²) in [6.45, 7) is 3.79. The first-order valence-corrected chi connectivity index (χ1v) is 8.56. The van der Waals surface area contributed by atoms with E-state index in [1.54, 1.807) is 7.11 Å². The Hall–Kier alpha value is -1.62. The van der Waals surface area contributed by atoms with Crippen LogP contribution in [0.2, 0.25) is 0 Å². The van der Waals surface area contributed by atoms with Gasteiger partial charge >= 0.3 is 0 Å². The van der Waals surface area contributed by atoms with Crippen molar-refractivity contribution in [1.82, 2.24) is 10.6 Å². The van der Waals surface area contributed by atoms with Gasteiger partial charge < -0.3 is 20.1 Å². The fourth-order valence-corrected chi connectivity index (χ4v) is 2.74. The van der Waals surface area contributed by atoms with E-state index in [1.165, 1.54) is 12.8 Å². The molecule has 0 amide bonds. The van der Waals surface area contributed by atoms with Crippen LogP contribution in [0.25, 0.3) is 0 Å². The first kappa shape index (κ1) is 21.4. The summed E-state index contributed by atoms with van der Waals surface area (Å²) < 4.78 is 11.5. The van der Waals surface area contributed by atoms with Crippen LogP contribution < -0.4 is 20.1 Å². The molecule has 0 heterocycles. The number of hydrogen-bond donors (Lipinski definition) is 2. The molecule has 0 atom stereocenters. The van der Waals surface area contributed by atoms with E-state index in [0.717, 1.165) is 36.4 Å². The van der Waals surface area contributed by atoms with Gasteiger partial charge in [-0.3, -0.25) is 0 Å². The fraction of sp³-hybridized carbons (Fsp3) is 0.526. The summed E-state index contributed by atoms with van der Waals surface area (Å²) in [7, 11) is 1.67. The van der Waals surface area contributed by atoms with Crippen LogP contribution in [-0.2, 0) is 6.54 Å². The zero-order chi connectivity index (χ0) is 17.2. The second kappa shape index (κ2) is 11.9. The molecule has 1 aliphatic rings. The Balaban J connectivity index is 0.00000312. The molecule has 0 spiro atoms. The van der Waals surface area contributed by atoms with Gasteiger partial charge in [-0.1, -0.05) is 12.0 Å². The predicted octanol–water partition coefficient (Wildman–Crippen LogP) is 3.32. The standard InChI is InChI=1S/C19H27N3O2.HI/c1-4-12-21-19(20-5-2)22-14-15-10-11-17(18(13-15)23-3)24-16-8-6-7-9-16;/h1,10-11,13,16H,5-9,12,14H2,2-3H3,(H2,20,21,22);1H. The molecule has 0 aromatic heterocycles. The predicted molar refractivity (Wildman–Crippen MR) is 113 cm³/mol. The van der Waals surface area contributed by atoms with Gasteiger partial charge in [-0.25, -0.2) is 4.99 Å². The Labute approximate surface area is 168 Å². The topological polar surface area (TPSA) is 54.9 Å². The average molecular weight is 457 g/mol. The first-order chi connectivity index (χ1) is 11.8. The van der Waals surface area contributed by atoms with Crippen LogP contribution in [0.5, 0.6) is 11.5 Å². The molecule has 0 radical (unpaired) electrons. The fourth-order valence-electron chi connectivity index (χ4n) is 2.74. The second-order valence-corrected chi connectivity index (χ2v) is 5.76. The smallest absolute Gasteiger partial charge is 0.192 e. The van der Waals surface area contributed by atoms with Gasteiger partial charge in [-0.15, -0.1) is 30.4 Å². The highest BCUT2D eigenvalue weighted by Gasteiger charge is 2.18. The summed E-state index contributed by atoms with van der Waals surface area (Å²) in [6.07, 6.45) is 10.3. The Bertz CT molecular complexity index is 593. The molecule has 0 unspecified atom stereocenters. The summed E-state index contributed by atoms with van der Waals surface area (Å²) in [6, 6.07) is 5.99. The van der Waals surface area contributed by atoms with Gasteiger partial charge in [0.1, 0.15) is 0 Å². The number of aliphatic imine (C=N–C) groups is 1. The highest BCUT2D eigenvalue weighted by atomic mass is 127. The van der Waals surface area contributed by atoms with Crippen LogP contribution in [0, 0.1) is 12.3 Å². The normalized spacial score (nSPS) is 14.4. The van der Waals surface area contributed by atoms with Crippen LogP contribution in [0.4, 0.5) is 0 Å². The van der Waals surface area contributed by atoms with E-state index in [4.69, 9.17) is 15.9 Å². The van der Waals surface area contributed by atoms with E-state index in [1.807, 2.05) is 25.1 Å². The molecule has 138 valence electrons. The zero-order valence-corrected chi connectivity index (χ0v) is 17.3. The molecular formula is C19H28IN3O2. The number of rotatable bonds is 7. The highest BCUT2D eigenvalue weighted by Crippen LogP contribution is 2.32. The second-order valence-electron chi connectivity index (χ2n) is 5.76. The van der Waals surface area contributed by atoms with Crippen molar-refractivity contribution in [2.75, 3.05) is 20.2 Å². The lowest BCUT2D eigenvalue weighted by Crippen LogP contribution is -2.37. The van der Waals surface area contributed by atoms with Crippen LogP contribution in [-0.4, -0.2) is 32.3 Å². The molecule has 0 saturated heterocycles. The Morgan fingerprint density at radius 1 is 1.28 bits per heavy atom. The molecule has 1 fully saturated rings. The molecule has 5 nitrogen and oxygen atoms in total. The lowest BCUT2D eigenvalue weighted by atomic mass is 10.2. The number of methoxy groups -OCH3 is 1. The number of nitrogens with zero attached hydrogens (tertiary/aromatic N) is 1. The largest absolute Gasteiger partial charge is 0.493 e. The molecule has 1 aromatic carbocycles. The van der Waals surface area contributed by atoms with E-state index in [-0.39, 0.29) is 24.0 Å². The van der Waals surface area contributed by atoms with Crippen LogP contribution in [0.15, 0.2) is 23.2 Å². The Morgan fingerprint density at radius 3 is 2.68 bits per heavy atom. The van der Waals surface area contributed by atoms with Gasteiger partial charge in [0.25, 0.3) is 0 Å². The highest BCUT2D eigenvalue weighted by molar-refractivity contribution is 14.0. The summed E-state index contributed by atoms with van der Waals surface area (Å²) in [4.78, 5) is 4.53. The van der Waals surface area contributed by atoms with Gasteiger partial charge in [0.05, 0.1) is 26.3 Å². The van der Waals surface area contributed by atoms with Crippen molar-refractivity contribution < 1.29 is 9.47 Å². The van der Waals surface area contributed by atoms with Gasteiger partial charge in [0.2, 0.25) is 0 Å². The van der Waals surface area contributed by atoms with Crippen molar-refractivity contribution in [2.45, 2.75) is 45.3 Å². The number of halogens is 1. The third-order valence-corrected chi connectivity index (χ3v) is 3.95. The van der Waals surface area contributed by atoms with Crippen LogP contribution in [0.3, 0.4) is 0 Å². The van der Waals surface area contributed by atoms with E-state index in [2.05, 4.69) is 21.5 Å². The summed E-state index contributed by atoms with van der Waals surface area (Å²) in [5.41, 5.74) is 1.06. The summed E-state index contributed by atoms with van der Waals surface area (Å²) >= 11 is 0. The molecule has 6 heteroatoms. The first-order valence-electron chi connectivity index (χ1n) is 8.56. The van der Waals surface area contributed by atoms with Gasteiger partial charge in [0, 0.05) is 6.54 Å². The van der Waals surface area contributed by atoms with Crippen molar-refractivity contribution in [2.24, 2.45) is 4.99 Å². The molecule has 0 aliphatic heterocycles. The molecule has 1 aromatic rings. The monoisotopic (exact) mass is 457 g/mol. The average Bonchev–Trinajstić information content (AvgIpc) is 3.11. The number of terminal acetylenes is 1. The third kappa shape index (κ3) is 7.02. The van der Waals surface area contributed by atoms with Gasteiger partial charge in [0.15, 0.2) is 17.5 Å². The van der Waals surface area contributed by atoms with E-state index < -0.39 is 0 Å². The minimum absolute atomic E-state index is 0. The lowest BCUT2D eigenvalue weighted by Gasteiger charge is -2.16. The minimum atomic E-state index is 0. The number of hydrogen-bond acceptors (Lipinski definition) is 3. The maximum Gasteiger partial charge on any atom is 0.192 e. The van der Waals surface area contributed by atoms with Crippen molar-refractivity contribution in [1.29, 1.82) is 0 Å². The van der Waals surface area contributed by atoms with Crippen LogP contribution in [0.1, 0.15) is 38.2 Å². The summed E-state index contributed by atoms with van der Waals surface area (Å²) in [5.74, 6) is 4.83. The molecular weight excluding hydrogens is 429 g/mol. The van der Waals surface area contributed by atoms with E-state index in [9.17, 15) is 0 Å². The molecule has 1 aliphatic carbocycles.